The SMILES string of the molecule is CN(C)CCn1c(=O)oc2cc(N3CCNCC3)ccc21.Cl.Cl. The number of fused-ring (bicyclic) bond motifs is 1. The summed E-state index contributed by atoms with van der Waals surface area (Å²) in [5, 5.41) is 3.34. The fourth-order valence-electron chi connectivity index (χ4n) is 2.69. The average Bonchev–Trinajstić information content (AvgIpc) is 2.80. The summed E-state index contributed by atoms with van der Waals surface area (Å²) in [6.07, 6.45) is 0. The number of nitrogens with zero attached hydrogens (tertiary/aromatic N) is 3. The van der Waals surface area contributed by atoms with Crippen LogP contribution in [0.3, 0.4) is 0 Å². The van der Waals surface area contributed by atoms with Gasteiger partial charge in [0.1, 0.15) is 0 Å². The van der Waals surface area contributed by atoms with E-state index in [4.69, 9.17) is 4.42 Å². The van der Waals surface area contributed by atoms with Gasteiger partial charge in [0.25, 0.3) is 0 Å². The third-order valence-electron chi connectivity index (χ3n) is 3.90. The fourth-order valence-corrected chi connectivity index (χ4v) is 2.69. The van der Waals surface area contributed by atoms with Gasteiger partial charge in [0, 0.05) is 51.0 Å². The van der Waals surface area contributed by atoms with Crippen molar-refractivity contribution >= 4 is 41.6 Å². The molecule has 130 valence electrons. The predicted molar refractivity (Wildman–Crippen MR) is 98.6 cm³/mol. The van der Waals surface area contributed by atoms with E-state index in [0.29, 0.717) is 12.1 Å². The van der Waals surface area contributed by atoms with E-state index < -0.39 is 0 Å². The van der Waals surface area contributed by atoms with Crippen LogP contribution in [0.5, 0.6) is 0 Å². The number of nitrogens with one attached hydrogen (secondary N) is 1. The number of anilines is 1. The number of halogens is 2. The van der Waals surface area contributed by atoms with Crippen molar-refractivity contribution in [3.63, 3.8) is 0 Å². The zero-order valence-corrected chi connectivity index (χ0v) is 15.1. The molecule has 1 N–H and O–H groups in total. The molecule has 6 nitrogen and oxygen atoms in total. The maximum absolute atomic E-state index is 12.0. The van der Waals surface area contributed by atoms with E-state index in [-0.39, 0.29) is 30.6 Å². The molecule has 1 saturated heterocycles. The van der Waals surface area contributed by atoms with E-state index in [2.05, 4.69) is 21.2 Å². The Kier molecular flexibility index (Phi) is 7.41. The van der Waals surface area contributed by atoms with E-state index in [9.17, 15) is 4.79 Å². The molecular weight excluding hydrogens is 339 g/mol. The molecule has 0 aliphatic carbocycles. The van der Waals surface area contributed by atoms with Crippen molar-refractivity contribution in [1.29, 1.82) is 0 Å². The van der Waals surface area contributed by atoms with Crippen molar-refractivity contribution in [3.05, 3.63) is 28.7 Å². The van der Waals surface area contributed by atoms with Gasteiger partial charge in [0.2, 0.25) is 0 Å². The third kappa shape index (κ3) is 4.41. The van der Waals surface area contributed by atoms with Crippen molar-refractivity contribution in [2.24, 2.45) is 0 Å². The molecule has 3 rings (SSSR count). The topological polar surface area (TPSA) is 53.7 Å². The molecule has 0 radical (unpaired) electrons. The highest BCUT2D eigenvalue weighted by atomic mass is 35.5. The minimum atomic E-state index is -0.274. The third-order valence-corrected chi connectivity index (χ3v) is 3.90. The van der Waals surface area contributed by atoms with Crippen LogP contribution in [0.1, 0.15) is 0 Å². The lowest BCUT2D eigenvalue weighted by Crippen LogP contribution is -2.43. The number of rotatable bonds is 4. The van der Waals surface area contributed by atoms with Gasteiger partial charge in [-0.05, 0) is 26.2 Å². The minimum Gasteiger partial charge on any atom is -0.408 e. The van der Waals surface area contributed by atoms with Crippen LogP contribution in [0.25, 0.3) is 11.1 Å². The lowest BCUT2D eigenvalue weighted by atomic mass is 10.2. The molecule has 0 atom stereocenters. The van der Waals surface area contributed by atoms with Gasteiger partial charge < -0.3 is 19.5 Å². The van der Waals surface area contributed by atoms with E-state index in [1.807, 2.05) is 26.2 Å². The maximum atomic E-state index is 12.0. The van der Waals surface area contributed by atoms with Crippen molar-refractivity contribution in [1.82, 2.24) is 14.8 Å². The van der Waals surface area contributed by atoms with Crippen molar-refractivity contribution in [2.45, 2.75) is 6.54 Å². The number of piperazine rings is 1. The van der Waals surface area contributed by atoms with Gasteiger partial charge in [-0.3, -0.25) is 4.57 Å². The molecule has 1 aromatic heterocycles. The van der Waals surface area contributed by atoms with Gasteiger partial charge in [0.15, 0.2) is 5.58 Å². The molecule has 0 amide bonds. The Morgan fingerprint density at radius 3 is 2.57 bits per heavy atom. The van der Waals surface area contributed by atoms with Gasteiger partial charge in [-0.1, -0.05) is 0 Å². The first kappa shape index (κ1) is 19.8. The Morgan fingerprint density at radius 2 is 1.91 bits per heavy atom. The molecule has 0 unspecified atom stereocenters. The number of oxazole rings is 1. The largest absolute Gasteiger partial charge is 0.419 e. The number of benzene rings is 1. The second kappa shape index (κ2) is 8.59. The Balaban J connectivity index is 0.00000132. The summed E-state index contributed by atoms with van der Waals surface area (Å²) in [7, 11) is 3.99. The first-order chi connectivity index (χ1) is 10.1. The zero-order chi connectivity index (χ0) is 14.8. The van der Waals surface area contributed by atoms with E-state index in [1.54, 1.807) is 4.57 Å². The van der Waals surface area contributed by atoms with Gasteiger partial charge >= 0.3 is 5.76 Å². The fraction of sp³-hybridized carbons (Fsp3) is 0.533. The molecule has 0 bridgehead atoms. The normalized spacial score (nSPS) is 14.7. The Bertz CT molecular complexity index is 678. The van der Waals surface area contributed by atoms with Crippen LogP contribution in [-0.2, 0) is 6.54 Å². The molecular formula is C15H24Cl2N4O2. The molecule has 1 aliphatic heterocycles. The van der Waals surface area contributed by atoms with Gasteiger partial charge in [-0.15, -0.1) is 24.8 Å². The number of likely N-dealkylation sites (N-methyl/N-ethyl adjacent to an activating group) is 1. The lowest BCUT2D eigenvalue weighted by molar-refractivity contribution is 0.374. The summed E-state index contributed by atoms with van der Waals surface area (Å²) in [6.45, 7) is 5.41. The first-order valence-electron chi connectivity index (χ1n) is 7.39. The number of hydrogen-bond donors (Lipinski definition) is 1. The van der Waals surface area contributed by atoms with E-state index >= 15 is 0 Å². The molecule has 1 fully saturated rings. The number of hydrogen-bond acceptors (Lipinski definition) is 5. The van der Waals surface area contributed by atoms with E-state index in [1.165, 1.54) is 0 Å². The van der Waals surface area contributed by atoms with Crippen LogP contribution >= 0.6 is 24.8 Å². The van der Waals surface area contributed by atoms with Crippen LogP contribution in [0.2, 0.25) is 0 Å². The highest BCUT2D eigenvalue weighted by Gasteiger charge is 2.14. The average molecular weight is 363 g/mol. The first-order valence-corrected chi connectivity index (χ1v) is 7.39. The molecule has 2 heterocycles. The summed E-state index contributed by atoms with van der Waals surface area (Å²) in [6, 6.07) is 6.05. The van der Waals surface area contributed by atoms with Gasteiger partial charge in [-0.25, -0.2) is 4.79 Å². The molecule has 1 aromatic carbocycles. The standard InChI is InChI=1S/C15H22N4O2.2ClH/c1-17(2)9-10-19-13-4-3-12(11-14(13)21-15(19)20)18-7-5-16-6-8-18;;/h3-4,11,16H,5-10H2,1-2H3;2*1H. The van der Waals surface area contributed by atoms with Crippen molar-refractivity contribution in [2.75, 3.05) is 51.7 Å². The van der Waals surface area contributed by atoms with Gasteiger partial charge in [0.05, 0.1) is 5.52 Å². The van der Waals surface area contributed by atoms with Crippen molar-refractivity contribution < 1.29 is 4.42 Å². The molecule has 2 aromatic rings. The number of aromatic nitrogens is 1. The summed E-state index contributed by atoms with van der Waals surface area (Å²) in [5.41, 5.74) is 2.67. The van der Waals surface area contributed by atoms with E-state index in [0.717, 1.165) is 43.9 Å². The van der Waals surface area contributed by atoms with Crippen LogP contribution in [-0.4, -0.2) is 56.3 Å². The zero-order valence-electron chi connectivity index (χ0n) is 13.4. The monoisotopic (exact) mass is 362 g/mol. The second-order valence-electron chi connectivity index (χ2n) is 5.71. The van der Waals surface area contributed by atoms with Crippen LogP contribution in [0.15, 0.2) is 27.4 Å². The molecule has 1 aliphatic rings. The quantitative estimate of drug-likeness (QED) is 0.890. The summed E-state index contributed by atoms with van der Waals surface area (Å²) >= 11 is 0. The molecule has 0 spiro atoms. The second-order valence-corrected chi connectivity index (χ2v) is 5.71. The predicted octanol–water partition coefficient (Wildman–Crippen LogP) is 1.41. The highest BCUT2D eigenvalue weighted by molar-refractivity contribution is 5.85. The van der Waals surface area contributed by atoms with Crippen LogP contribution in [0.4, 0.5) is 5.69 Å². The highest BCUT2D eigenvalue weighted by Crippen LogP contribution is 2.22. The summed E-state index contributed by atoms with van der Waals surface area (Å²) < 4.78 is 7.11. The van der Waals surface area contributed by atoms with Crippen LogP contribution < -0.4 is 16.0 Å². The maximum Gasteiger partial charge on any atom is 0.419 e. The van der Waals surface area contributed by atoms with Crippen LogP contribution in [0, 0.1) is 0 Å². The summed E-state index contributed by atoms with van der Waals surface area (Å²) in [4.78, 5) is 16.4. The lowest BCUT2D eigenvalue weighted by Gasteiger charge is -2.29. The Hall–Kier alpha value is -1.21. The van der Waals surface area contributed by atoms with Gasteiger partial charge in [-0.2, -0.15) is 0 Å². The molecule has 8 heteroatoms. The minimum absolute atomic E-state index is 0. The Labute approximate surface area is 148 Å². The molecule has 23 heavy (non-hydrogen) atoms. The van der Waals surface area contributed by atoms with Crippen molar-refractivity contribution in [3.8, 4) is 0 Å². The summed E-state index contributed by atoms with van der Waals surface area (Å²) in [5.74, 6) is -0.274. The smallest absolute Gasteiger partial charge is 0.408 e. The Morgan fingerprint density at radius 1 is 1.22 bits per heavy atom. The molecule has 0 saturated carbocycles.